The number of allylic oxidation sites excluding steroid dienone is 26. The summed E-state index contributed by atoms with van der Waals surface area (Å²) in [5.74, 6) is -1.08. The molecule has 0 spiro atoms. The standard InChI is InChI=1S/C59H88O6/c1-4-7-10-13-16-19-22-24-26-28-29-31-32-34-37-40-43-46-49-52-58(61)64-55-56(54-63-57(60)51-48-45-42-39-36-21-18-15-12-9-6-3)65-59(62)53-50-47-44-41-38-35-33-30-27-25-23-20-17-14-11-8-5-2/h7,10,13,15-22,24-29,31-37,41,44,56H,4-6,8-9,11-12,14,23,30,38-40,42-43,45-55H2,1-3H3/b10-7-,16-13-,18-15-,20-17-,22-19-,26-24-,27-25-,29-28+,32-31-,35-33-,36-21-,37-34-,44-41-. The number of esters is 3. The van der Waals surface area contributed by atoms with Gasteiger partial charge in [0, 0.05) is 19.3 Å². The number of hydrogen-bond acceptors (Lipinski definition) is 6. The minimum Gasteiger partial charge on any atom is -0.462 e. The van der Waals surface area contributed by atoms with E-state index in [1.165, 1.54) is 38.5 Å². The van der Waals surface area contributed by atoms with Crippen molar-refractivity contribution in [3.8, 4) is 0 Å². The maximum atomic E-state index is 12.8. The molecule has 6 heteroatoms. The van der Waals surface area contributed by atoms with Gasteiger partial charge in [-0.15, -0.1) is 0 Å². The van der Waals surface area contributed by atoms with Crippen LogP contribution in [0.5, 0.6) is 0 Å². The van der Waals surface area contributed by atoms with Gasteiger partial charge in [0.1, 0.15) is 13.2 Å². The zero-order chi connectivity index (χ0) is 47.2. The van der Waals surface area contributed by atoms with Crippen molar-refractivity contribution in [3.05, 3.63) is 158 Å². The Morgan fingerprint density at radius 3 is 1.15 bits per heavy atom. The van der Waals surface area contributed by atoms with Crippen molar-refractivity contribution < 1.29 is 28.6 Å². The Hall–Kier alpha value is -4.97. The zero-order valence-corrected chi connectivity index (χ0v) is 40.9. The molecular formula is C59H88O6. The molecule has 0 aliphatic carbocycles. The summed E-state index contributed by atoms with van der Waals surface area (Å²) < 4.78 is 16.6. The molecule has 0 aromatic heterocycles. The van der Waals surface area contributed by atoms with E-state index in [4.69, 9.17) is 14.2 Å². The van der Waals surface area contributed by atoms with E-state index < -0.39 is 12.1 Å². The molecule has 6 nitrogen and oxygen atoms in total. The van der Waals surface area contributed by atoms with E-state index in [9.17, 15) is 14.4 Å². The quantitative estimate of drug-likeness (QED) is 0.0200. The molecule has 0 N–H and O–H groups in total. The van der Waals surface area contributed by atoms with Crippen LogP contribution in [0, 0.1) is 0 Å². The zero-order valence-electron chi connectivity index (χ0n) is 40.9. The lowest BCUT2D eigenvalue weighted by atomic mass is 10.1. The highest BCUT2D eigenvalue weighted by Crippen LogP contribution is 2.10. The summed E-state index contributed by atoms with van der Waals surface area (Å²) in [6.45, 7) is 6.26. The second kappa shape index (κ2) is 51.7. The van der Waals surface area contributed by atoms with Crippen LogP contribution in [-0.4, -0.2) is 37.2 Å². The molecule has 0 heterocycles. The molecule has 1 atom stereocenters. The third-order valence-electron chi connectivity index (χ3n) is 9.71. The van der Waals surface area contributed by atoms with E-state index in [2.05, 4.69) is 106 Å². The molecule has 0 rings (SSSR count). The predicted molar refractivity (Wildman–Crippen MR) is 278 cm³/mol. The second-order valence-corrected chi connectivity index (χ2v) is 15.8. The molecule has 0 radical (unpaired) electrons. The van der Waals surface area contributed by atoms with E-state index in [1.807, 2.05) is 72.9 Å². The number of unbranched alkanes of at least 4 members (excludes halogenated alkanes) is 12. The number of carbonyl (C=O) groups excluding carboxylic acids is 3. The Labute approximate surface area is 397 Å². The first kappa shape index (κ1) is 60.0. The molecule has 65 heavy (non-hydrogen) atoms. The molecular weight excluding hydrogens is 805 g/mol. The van der Waals surface area contributed by atoms with Gasteiger partial charge in [0.05, 0.1) is 0 Å². The first-order valence-electron chi connectivity index (χ1n) is 25.1. The molecule has 1 unspecified atom stereocenters. The van der Waals surface area contributed by atoms with Gasteiger partial charge < -0.3 is 14.2 Å². The Bertz CT molecular complexity index is 1540. The highest BCUT2D eigenvalue weighted by atomic mass is 16.6. The van der Waals surface area contributed by atoms with Crippen molar-refractivity contribution in [2.45, 2.75) is 181 Å². The Balaban J connectivity index is 4.64. The predicted octanol–water partition coefficient (Wildman–Crippen LogP) is 16.6. The summed E-state index contributed by atoms with van der Waals surface area (Å²) in [4.78, 5) is 37.9. The number of rotatable bonds is 42. The molecule has 0 aliphatic heterocycles. The van der Waals surface area contributed by atoms with Crippen LogP contribution < -0.4 is 0 Å². The molecule has 0 aromatic rings. The fraction of sp³-hybridized carbons (Fsp3) is 0.508. The topological polar surface area (TPSA) is 78.9 Å². The monoisotopic (exact) mass is 893 g/mol. The fourth-order valence-electron chi connectivity index (χ4n) is 5.92. The molecule has 0 amide bonds. The summed E-state index contributed by atoms with van der Waals surface area (Å²) in [6.07, 6.45) is 75.1. The second-order valence-electron chi connectivity index (χ2n) is 15.8. The van der Waals surface area contributed by atoms with Crippen molar-refractivity contribution in [1.29, 1.82) is 0 Å². The lowest BCUT2D eigenvalue weighted by Gasteiger charge is -2.18. The maximum Gasteiger partial charge on any atom is 0.306 e. The Kier molecular flexibility index (Phi) is 47.7. The van der Waals surface area contributed by atoms with E-state index in [0.29, 0.717) is 19.3 Å². The largest absolute Gasteiger partial charge is 0.462 e. The molecule has 0 aromatic carbocycles. The molecule has 0 bridgehead atoms. The average molecular weight is 893 g/mol. The minimum absolute atomic E-state index is 0.137. The van der Waals surface area contributed by atoms with E-state index in [0.717, 1.165) is 83.5 Å². The number of hydrogen-bond donors (Lipinski definition) is 0. The molecule has 0 saturated carbocycles. The first-order chi connectivity index (χ1) is 32.0. The van der Waals surface area contributed by atoms with Crippen LogP contribution in [0.3, 0.4) is 0 Å². The van der Waals surface area contributed by atoms with Crippen LogP contribution in [0.4, 0.5) is 0 Å². The average Bonchev–Trinajstić information content (AvgIpc) is 3.30. The number of ether oxygens (including phenoxy) is 3. The van der Waals surface area contributed by atoms with Crippen molar-refractivity contribution in [2.24, 2.45) is 0 Å². The van der Waals surface area contributed by atoms with Crippen LogP contribution in [0.2, 0.25) is 0 Å². The summed E-state index contributed by atoms with van der Waals surface area (Å²) in [6, 6.07) is 0. The number of carbonyl (C=O) groups is 3. The molecule has 0 saturated heterocycles. The van der Waals surface area contributed by atoms with Crippen molar-refractivity contribution in [1.82, 2.24) is 0 Å². The van der Waals surface area contributed by atoms with Gasteiger partial charge in [0.15, 0.2) is 6.10 Å². The Morgan fingerprint density at radius 2 is 0.692 bits per heavy atom. The van der Waals surface area contributed by atoms with Crippen LogP contribution in [0.1, 0.15) is 175 Å². The van der Waals surface area contributed by atoms with Gasteiger partial charge in [-0.05, 0) is 96.3 Å². The molecule has 0 fully saturated rings. The van der Waals surface area contributed by atoms with E-state index in [1.54, 1.807) is 0 Å². The van der Waals surface area contributed by atoms with Gasteiger partial charge in [-0.2, -0.15) is 0 Å². The molecule has 360 valence electrons. The Morgan fingerprint density at radius 1 is 0.338 bits per heavy atom. The normalized spacial score (nSPS) is 13.5. The van der Waals surface area contributed by atoms with E-state index in [-0.39, 0.29) is 38.0 Å². The summed E-state index contributed by atoms with van der Waals surface area (Å²) in [7, 11) is 0. The van der Waals surface area contributed by atoms with Gasteiger partial charge in [-0.1, -0.05) is 217 Å². The third kappa shape index (κ3) is 49.9. The van der Waals surface area contributed by atoms with Gasteiger partial charge in [-0.25, -0.2) is 0 Å². The van der Waals surface area contributed by atoms with Crippen molar-refractivity contribution in [2.75, 3.05) is 13.2 Å². The summed E-state index contributed by atoms with van der Waals surface area (Å²) >= 11 is 0. The third-order valence-corrected chi connectivity index (χ3v) is 9.71. The van der Waals surface area contributed by atoms with E-state index >= 15 is 0 Å². The van der Waals surface area contributed by atoms with Gasteiger partial charge in [0.2, 0.25) is 0 Å². The SMILES string of the molecule is CC\C=C/C=C\C=C/C=C\C=C\C=C/C=C\CCCCCC(=O)OCC(COC(=O)CCCCC/C=C\C=C/CCCC)OC(=O)CCC/C=C\C/C=C\C/C=C\C/C=C\CCCCC. The van der Waals surface area contributed by atoms with Crippen molar-refractivity contribution >= 4 is 17.9 Å². The lowest BCUT2D eigenvalue weighted by Crippen LogP contribution is -2.30. The summed E-state index contributed by atoms with van der Waals surface area (Å²) in [5, 5.41) is 0. The van der Waals surface area contributed by atoms with Crippen LogP contribution in [-0.2, 0) is 28.6 Å². The highest BCUT2D eigenvalue weighted by molar-refractivity contribution is 5.71. The van der Waals surface area contributed by atoms with Crippen LogP contribution in [0.15, 0.2) is 158 Å². The smallest absolute Gasteiger partial charge is 0.306 e. The summed E-state index contributed by atoms with van der Waals surface area (Å²) in [5.41, 5.74) is 0. The maximum absolute atomic E-state index is 12.8. The first-order valence-corrected chi connectivity index (χ1v) is 25.1. The van der Waals surface area contributed by atoms with Crippen LogP contribution >= 0.6 is 0 Å². The molecule has 0 aliphatic rings. The van der Waals surface area contributed by atoms with Gasteiger partial charge in [0.25, 0.3) is 0 Å². The lowest BCUT2D eigenvalue weighted by molar-refractivity contribution is -0.167. The van der Waals surface area contributed by atoms with Gasteiger partial charge in [-0.3, -0.25) is 14.4 Å². The van der Waals surface area contributed by atoms with Crippen LogP contribution in [0.25, 0.3) is 0 Å². The van der Waals surface area contributed by atoms with Gasteiger partial charge >= 0.3 is 17.9 Å². The highest BCUT2D eigenvalue weighted by Gasteiger charge is 2.19. The minimum atomic E-state index is -0.844. The fourth-order valence-corrected chi connectivity index (χ4v) is 5.92. The van der Waals surface area contributed by atoms with Crippen molar-refractivity contribution in [3.63, 3.8) is 0 Å².